The predicted molar refractivity (Wildman–Crippen MR) is 396 cm³/mol. The smallest absolute Gasteiger partial charge is 0.220 e. The van der Waals surface area contributed by atoms with Gasteiger partial charge in [0.2, 0.25) is 5.91 Å². The molecule has 0 radical (unpaired) electrons. The minimum absolute atomic E-state index is 0.238. The predicted octanol–water partition coefficient (Wildman–Crippen LogP) is 17.5. The Hall–Kier alpha value is -3.35. The maximum Gasteiger partial charge on any atom is 0.220 e. The third kappa shape index (κ3) is 47.7. The first-order valence-electron chi connectivity index (χ1n) is 39.1. The number of hydrogen-bond acceptors (Lipinski definition) is 13. The van der Waals surface area contributed by atoms with Crippen LogP contribution in [-0.4, -0.2) is 140 Å². The van der Waals surface area contributed by atoms with E-state index in [1.807, 2.05) is 6.08 Å². The van der Waals surface area contributed by atoms with Gasteiger partial charge in [0.25, 0.3) is 0 Å². The molecular formula is C82H143NO13. The minimum Gasteiger partial charge on any atom is -0.394 e. The first-order valence-corrected chi connectivity index (χ1v) is 39.1. The number of aliphatic hydroxyl groups is 8. The lowest BCUT2D eigenvalue weighted by molar-refractivity contribution is -0.359. The molecule has 0 aromatic rings. The normalized spacial score (nSPS) is 22.9. The zero-order chi connectivity index (χ0) is 69.4. The van der Waals surface area contributed by atoms with Gasteiger partial charge in [-0.3, -0.25) is 4.79 Å². The Morgan fingerprint density at radius 1 is 0.385 bits per heavy atom. The first-order chi connectivity index (χ1) is 47.1. The van der Waals surface area contributed by atoms with Crippen LogP contribution in [0.4, 0.5) is 0 Å². The summed E-state index contributed by atoms with van der Waals surface area (Å²) in [6, 6.07) is -0.920. The van der Waals surface area contributed by atoms with E-state index in [2.05, 4.69) is 116 Å². The van der Waals surface area contributed by atoms with Crippen LogP contribution in [0.1, 0.15) is 309 Å². The van der Waals surface area contributed by atoms with Crippen LogP contribution in [0.2, 0.25) is 0 Å². The monoisotopic (exact) mass is 1350 g/mol. The molecular weight excluding hydrogens is 1210 g/mol. The van der Waals surface area contributed by atoms with E-state index in [1.54, 1.807) is 6.08 Å². The molecule has 2 heterocycles. The van der Waals surface area contributed by atoms with Crippen LogP contribution in [0.5, 0.6) is 0 Å². The average Bonchev–Trinajstić information content (AvgIpc) is 0.807. The maximum absolute atomic E-state index is 13.4. The summed E-state index contributed by atoms with van der Waals surface area (Å²) in [5, 5.41) is 87.6. The Balaban J connectivity index is 1.59. The van der Waals surface area contributed by atoms with Crippen LogP contribution < -0.4 is 5.32 Å². The molecule has 2 fully saturated rings. The van der Waals surface area contributed by atoms with Crippen LogP contribution in [0.25, 0.3) is 0 Å². The van der Waals surface area contributed by atoms with E-state index in [-0.39, 0.29) is 18.9 Å². The molecule has 12 atom stereocenters. The van der Waals surface area contributed by atoms with Crippen LogP contribution in [-0.2, 0) is 23.7 Å². The average molecular weight is 1350 g/mol. The van der Waals surface area contributed by atoms with Crippen molar-refractivity contribution in [1.82, 2.24) is 5.32 Å². The quantitative estimate of drug-likeness (QED) is 0.0204. The van der Waals surface area contributed by atoms with Gasteiger partial charge in [-0.2, -0.15) is 0 Å². The Kier molecular flexibility index (Phi) is 60.1. The van der Waals surface area contributed by atoms with Crippen molar-refractivity contribution in [2.45, 2.75) is 383 Å². The highest BCUT2D eigenvalue weighted by Crippen LogP contribution is 2.30. The van der Waals surface area contributed by atoms with Gasteiger partial charge in [-0.15, -0.1) is 0 Å². The number of allylic oxidation sites excluding steroid dienone is 17. The Bertz CT molecular complexity index is 2030. The number of rotatable bonds is 64. The first kappa shape index (κ1) is 88.7. The fourth-order valence-electron chi connectivity index (χ4n) is 12.3. The fraction of sp³-hybridized carbons (Fsp3) is 0.768. The third-order valence-corrected chi connectivity index (χ3v) is 18.5. The molecule has 2 saturated heterocycles. The molecule has 554 valence electrons. The number of ether oxygens (including phenoxy) is 4. The van der Waals surface area contributed by atoms with Crippen LogP contribution >= 0.6 is 0 Å². The molecule has 9 N–H and O–H groups in total. The lowest BCUT2D eigenvalue weighted by Gasteiger charge is -2.46. The molecule has 1 amide bonds. The van der Waals surface area contributed by atoms with E-state index >= 15 is 0 Å². The number of carbonyl (C=O) groups excluding carboxylic acids is 1. The molecule has 0 aliphatic carbocycles. The molecule has 0 spiro atoms. The van der Waals surface area contributed by atoms with Crippen molar-refractivity contribution in [2.24, 2.45) is 0 Å². The van der Waals surface area contributed by atoms with E-state index in [9.17, 15) is 45.6 Å². The molecule has 2 rings (SSSR count). The van der Waals surface area contributed by atoms with Gasteiger partial charge in [0.15, 0.2) is 12.6 Å². The lowest BCUT2D eigenvalue weighted by atomic mass is 9.97. The highest BCUT2D eigenvalue weighted by molar-refractivity contribution is 5.76. The molecule has 0 bridgehead atoms. The van der Waals surface area contributed by atoms with Gasteiger partial charge in [0.05, 0.1) is 32.0 Å². The number of unbranched alkanes of at least 4 members (excludes halogenated alkanes) is 35. The number of carbonyl (C=O) groups is 1. The van der Waals surface area contributed by atoms with E-state index in [0.29, 0.717) is 6.42 Å². The second kappa shape index (κ2) is 65.0. The topological polar surface area (TPSA) is 228 Å². The Labute approximate surface area is 585 Å². The molecule has 14 nitrogen and oxygen atoms in total. The van der Waals surface area contributed by atoms with Gasteiger partial charge in [-0.05, 0) is 83.5 Å². The molecule has 0 saturated carbocycles. The zero-order valence-electron chi connectivity index (χ0n) is 60.6. The van der Waals surface area contributed by atoms with Gasteiger partial charge < -0.3 is 65.1 Å². The zero-order valence-corrected chi connectivity index (χ0v) is 60.6. The SMILES string of the molecule is CC/C=C\C/C=C\C/C=C\C/C=C\C/C=C\C/C=C\C/C=C\C/C=C\CCCCCCCCCCCCCCCCCCC(=O)NC(COC1OC(CO)C(OC2OC(CO)C(O)C(O)C2O)C(O)C1O)C(O)/C=C/CCCCCCCCCCCCCCCCCCCCC. The summed E-state index contributed by atoms with van der Waals surface area (Å²) in [6.07, 6.45) is 77.3. The molecule has 0 aromatic carbocycles. The van der Waals surface area contributed by atoms with Gasteiger partial charge in [-0.1, -0.05) is 329 Å². The summed E-state index contributed by atoms with van der Waals surface area (Å²) >= 11 is 0. The van der Waals surface area contributed by atoms with Crippen molar-refractivity contribution in [3.8, 4) is 0 Å². The number of nitrogens with one attached hydrogen (secondary N) is 1. The van der Waals surface area contributed by atoms with Crippen molar-refractivity contribution in [3.63, 3.8) is 0 Å². The Morgan fingerprint density at radius 2 is 0.719 bits per heavy atom. The Morgan fingerprint density at radius 3 is 1.10 bits per heavy atom. The summed E-state index contributed by atoms with van der Waals surface area (Å²) in [6.45, 7) is 2.72. The van der Waals surface area contributed by atoms with Crippen molar-refractivity contribution in [2.75, 3.05) is 19.8 Å². The van der Waals surface area contributed by atoms with Crippen molar-refractivity contribution < 1.29 is 64.6 Å². The summed E-state index contributed by atoms with van der Waals surface area (Å²) in [7, 11) is 0. The number of aliphatic hydroxyl groups excluding tert-OH is 8. The fourth-order valence-corrected chi connectivity index (χ4v) is 12.3. The van der Waals surface area contributed by atoms with E-state index in [0.717, 1.165) is 89.9 Å². The molecule has 14 heteroatoms. The molecule has 0 aromatic heterocycles. The van der Waals surface area contributed by atoms with Gasteiger partial charge >= 0.3 is 0 Å². The van der Waals surface area contributed by atoms with Gasteiger partial charge in [0, 0.05) is 6.42 Å². The standard InChI is InChI=1S/C82H143NO13/c1-3-5-7-9-11-13-15-17-19-21-23-25-26-27-28-29-30-31-32-33-34-35-36-37-38-39-40-41-42-43-44-46-48-50-52-54-56-58-60-62-64-66-74(87)83-70(71(86)65-63-61-59-57-55-53-51-49-47-45-24-22-20-18-16-14-12-10-8-6-4-2)69-93-81-79(92)77(90)80(73(68-85)95-81)96-82-78(91)76(89)75(88)72(67-84)94-82/h5,7,11,13,17,19,23,25,27-28,30-31,33-34,36-37,63,65,70-73,75-82,84-86,88-92H,3-4,6,8-10,12,14-16,18,20-22,24,26,29,32,35,38-62,64,66-69H2,1-2H3,(H,83,87)/b7-5-,13-11-,19-17-,25-23-,28-27-,31-30-,34-33-,37-36-,65-63+. The van der Waals surface area contributed by atoms with Crippen LogP contribution in [0, 0.1) is 0 Å². The van der Waals surface area contributed by atoms with Crippen molar-refractivity contribution in [1.29, 1.82) is 0 Å². The molecule has 12 unspecified atom stereocenters. The summed E-state index contributed by atoms with van der Waals surface area (Å²) in [4.78, 5) is 13.4. The highest BCUT2D eigenvalue weighted by atomic mass is 16.7. The van der Waals surface area contributed by atoms with Gasteiger partial charge in [0.1, 0.15) is 48.8 Å². The summed E-state index contributed by atoms with van der Waals surface area (Å²) < 4.78 is 22.9. The number of amides is 1. The van der Waals surface area contributed by atoms with E-state index in [1.165, 1.54) is 193 Å². The highest BCUT2D eigenvalue weighted by Gasteiger charge is 2.51. The maximum atomic E-state index is 13.4. The van der Waals surface area contributed by atoms with E-state index in [4.69, 9.17) is 18.9 Å². The second-order valence-electron chi connectivity index (χ2n) is 27.1. The van der Waals surface area contributed by atoms with Crippen molar-refractivity contribution in [3.05, 3.63) is 109 Å². The van der Waals surface area contributed by atoms with E-state index < -0.39 is 86.8 Å². The van der Waals surface area contributed by atoms with Crippen molar-refractivity contribution >= 4 is 5.91 Å². The minimum atomic E-state index is -1.79. The summed E-state index contributed by atoms with van der Waals surface area (Å²) in [5.74, 6) is -0.238. The van der Waals surface area contributed by atoms with Gasteiger partial charge in [-0.25, -0.2) is 0 Å². The lowest BCUT2D eigenvalue weighted by Crippen LogP contribution is -2.65. The summed E-state index contributed by atoms with van der Waals surface area (Å²) in [5.41, 5.74) is 0. The number of hydrogen-bond donors (Lipinski definition) is 9. The molecule has 2 aliphatic heterocycles. The third-order valence-electron chi connectivity index (χ3n) is 18.5. The molecule has 2 aliphatic rings. The van der Waals surface area contributed by atoms with Crippen LogP contribution in [0.3, 0.4) is 0 Å². The second-order valence-corrected chi connectivity index (χ2v) is 27.1. The van der Waals surface area contributed by atoms with Crippen LogP contribution in [0.15, 0.2) is 109 Å². The molecule has 96 heavy (non-hydrogen) atoms. The largest absolute Gasteiger partial charge is 0.394 e.